The Kier molecular flexibility index (Phi) is 12.5. The number of rotatable bonds is 18. The molecule has 4 N–H and O–H groups in total. The monoisotopic (exact) mass is 642 g/mol. The Balaban J connectivity index is 0.941. The maximum atomic E-state index is 12.3. The highest BCUT2D eigenvalue weighted by Gasteiger charge is 2.04. The summed E-state index contributed by atoms with van der Waals surface area (Å²) in [5, 5.41) is 0. The molecule has 0 bridgehead atoms. The summed E-state index contributed by atoms with van der Waals surface area (Å²) in [4.78, 5) is 12.3. The molecule has 5 aromatic rings. The highest BCUT2D eigenvalue weighted by Crippen LogP contribution is 2.26. The first-order valence-corrected chi connectivity index (χ1v) is 16.3. The van der Waals surface area contributed by atoms with Gasteiger partial charge in [0.2, 0.25) is 0 Å². The molecule has 0 fully saturated rings. The van der Waals surface area contributed by atoms with Crippen LogP contribution in [0.2, 0.25) is 0 Å². The van der Waals surface area contributed by atoms with Crippen molar-refractivity contribution < 1.29 is 23.7 Å². The van der Waals surface area contributed by atoms with Crippen LogP contribution in [0.3, 0.4) is 0 Å². The Bertz CT molecular complexity index is 1740. The minimum Gasteiger partial charge on any atom is -0.494 e. The summed E-state index contributed by atoms with van der Waals surface area (Å²) in [6.07, 6.45) is 7.48. The van der Waals surface area contributed by atoms with Crippen LogP contribution in [0.4, 0.5) is 11.4 Å². The van der Waals surface area contributed by atoms with Gasteiger partial charge in [-0.1, -0.05) is 72.8 Å². The molecule has 5 rings (SSSR count). The lowest BCUT2D eigenvalue weighted by Gasteiger charge is -2.10. The van der Waals surface area contributed by atoms with Gasteiger partial charge < -0.3 is 30.4 Å². The highest BCUT2D eigenvalue weighted by atomic mass is 16.5. The molecule has 0 atom stereocenters. The van der Waals surface area contributed by atoms with Crippen molar-refractivity contribution in [3.63, 3.8) is 0 Å². The third-order valence-electron chi connectivity index (χ3n) is 7.63. The van der Waals surface area contributed by atoms with E-state index in [1.54, 1.807) is 36.4 Å². The number of carbonyl (C=O) groups excluding carboxylic acids is 1. The second kappa shape index (κ2) is 17.9. The number of carbonyl (C=O) groups is 1. The van der Waals surface area contributed by atoms with Gasteiger partial charge in [0, 0.05) is 11.3 Å². The van der Waals surface area contributed by atoms with E-state index in [0.717, 1.165) is 59.6 Å². The van der Waals surface area contributed by atoms with Crippen LogP contribution in [0.25, 0.3) is 17.2 Å². The molecule has 0 spiro atoms. The molecule has 0 amide bonds. The molecule has 0 aromatic heterocycles. The van der Waals surface area contributed by atoms with E-state index in [-0.39, 0.29) is 5.78 Å². The first-order chi connectivity index (χ1) is 23.5. The lowest BCUT2D eigenvalue weighted by atomic mass is 10.1. The van der Waals surface area contributed by atoms with Gasteiger partial charge in [0.15, 0.2) is 5.78 Å². The molecule has 0 heterocycles. The lowest BCUT2D eigenvalue weighted by Crippen LogP contribution is -2.08. The number of anilines is 2. The predicted octanol–water partition coefficient (Wildman–Crippen LogP) is 8.89. The van der Waals surface area contributed by atoms with Crippen molar-refractivity contribution in [1.82, 2.24) is 0 Å². The van der Waals surface area contributed by atoms with Crippen molar-refractivity contribution >= 4 is 23.2 Å². The summed E-state index contributed by atoms with van der Waals surface area (Å²) in [5.74, 6) is 3.06. The SMILES string of the molecule is Nc1ccc(OCCCCCCOc2ccc(-c3ccc(OCCOc4ccc(C=CC(=O)c5ccccc5)cc4)cc3)cc2)c(N)c1. The molecule has 0 saturated heterocycles. The second-order valence-corrected chi connectivity index (χ2v) is 11.3. The van der Waals surface area contributed by atoms with Crippen LogP contribution in [0.15, 0.2) is 127 Å². The molecular formula is C41H42N2O5. The second-order valence-electron chi connectivity index (χ2n) is 11.3. The van der Waals surface area contributed by atoms with Crippen LogP contribution in [0, 0.1) is 0 Å². The average Bonchev–Trinajstić information content (AvgIpc) is 3.12. The summed E-state index contributed by atoms with van der Waals surface area (Å²) in [6.45, 7) is 2.15. The van der Waals surface area contributed by atoms with Gasteiger partial charge in [-0.2, -0.15) is 0 Å². The molecule has 0 aliphatic heterocycles. The summed E-state index contributed by atoms with van der Waals surface area (Å²) in [7, 11) is 0. The number of benzene rings is 5. The molecule has 0 aliphatic carbocycles. The van der Waals surface area contributed by atoms with E-state index in [1.807, 2.05) is 84.9 Å². The van der Waals surface area contributed by atoms with E-state index in [4.69, 9.17) is 30.4 Å². The number of hydrogen-bond donors (Lipinski definition) is 2. The summed E-state index contributed by atoms with van der Waals surface area (Å²) in [6, 6.07) is 38.3. The molecule has 0 radical (unpaired) electrons. The summed E-state index contributed by atoms with van der Waals surface area (Å²) < 4.78 is 23.4. The zero-order chi connectivity index (χ0) is 33.4. The lowest BCUT2D eigenvalue weighted by molar-refractivity contribution is 0.104. The van der Waals surface area contributed by atoms with Crippen LogP contribution in [-0.2, 0) is 0 Å². The number of nitrogen functional groups attached to an aromatic ring is 2. The number of nitrogens with two attached hydrogens (primary N) is 2. The Morgan fingerprint density at radius 3 is 1.62 bits per heavy atom. The van der Waals surface area contributed by atoms with Crippen LogP contribution in [-0.4, -0.2) is 32.2 Å². The molecule has 246 valence electrons. The fourth-order valence-corrected chi connectivity index (χ4v) is 4.98. The topological polar surface area (TPSA) is 106 Å². The minimum absolute atomic E-state index is 0.0243. The molecule has 0 aliphatic rings. The fraction of sp³-hybridized carbons (Fsp3) is 0.195. The van der Waals surface area contributed by atoms with Gasteiger partial charge in [-0.15, -0.1) is 0 Å². The van der Waals surface area contributed by atoms with Gasteiger partial charge in [-0.3, -0.25) is 4.79 Å². The molecule has 5 aromatic carbocycles. The van der Waals surface area contributed by atoms with E-state index in [1.165, 1.54) is 0 Å². The number of unbranched alkanes of at least 4 members (excludes halogenated alkanes) is 3. The maximum absolute atomic E-state index is 12.3. The molecule has 0 unspecified atom stereocenters. The Morgan fingerprint density at radius 1 is 0.542 bits per heavy atom. The first-order valence-electron chi connectivity index (χ1n) is 16.3. The molecule has 7 nitrogen and oxygen atoms in total. The molecular weight excluding hydrogens is 600 g/mol. The Hall–Kier alpha value is -5.69. The van der Waals surface area contributed by atoms with E-state index in [2.05, 4.69) is 12.1 Å². The van der Waals surface area contributed by atoms with Gasteiger partial charge in [0.05, 0.1) is 18.9 Å². The molecule has 48 heavy (non-hydrogen) atoms. The number of allylic oxidation sites excluding steroid dienone is 1. The first kappa shape index (κ1) is 33.7. The van der Waals surface area contributed by atoms with Crippen molar-refractivity contribution in [3.05, 3.63) is 139 Å². The fourth-order valence-electron chi connectivity index (χ4n) is 4.98. The van der Waals surface area contributed by atoms with E-state index in [0.29, 0.717) is 49.1 Å². The van der Waals surface area contributed by atoms with Crippen molar-refractivity contribution in [2.24, 2.45) is 0 Å². The van der Waals surface area contributed by atoms with Crippen molar-refractivity contribution in [2.75, 3.05) is 37.9 Å². The molecule has 0 saturated carbocycles. The number of hydrogen-bond acceptors (Lipinski definition) is 7. The highest BCUT2D eigenvalue weighted by molar-refractivity contribution is 6.06. The van der Waals surface area contributed by atoms with Crippen LogP contribution >= 0.6 is 0 Å². The largest absolute Gasteiger partial charge is 0.494 e. The maximum Gasteiger partial charge on any atom is 0.185 e. The van der Waals surface area contributed by atoms with Gasteiger partial charge >= 0.3 is 0 Å². The average molecular weight is 643 g/mol. The van der Waals surface area contributed by atoms with Crippen LogP contribution in [0.1, 0.15) is 41.6 Å². The third-order valence-corrected chi connectivity index (χ3v) is 7.63. The number of ketones is 1. The zero-order valence-electron chi connectivity index (χ0n) is 27.1. The zero-order valence-corrected chi connectivity index (χ0v) is 27.1. The smallest absolute Gasteiger partial charge is 0.185 e. The standard InChI is InChI=1S/C41H42N2O5/c42-35-17-25-41(39(43)30-35)48-27-7-2-1-6-26-45-37-20-13-32(14-21-37)33-15-22-38(23-16-33)47-29-28-46-36-18-10-31(11-19-36)12-24-40(44)34-8-4-3-5-9-34/h3-5,8-25,30H,1-2,6-7,26-29,42-43H2. The van der Waals surface area contributed by atoms with Gasteiger partial charge in [-0.05, 0) is 103 Å². The van der Waals surface area contributed by atoms with E-state index in [9.17, 15) is 4.79 Å². The van der Waals surface area contributed by atoms with Crippen molar-refractivity contribution in [1.29, 1.82) is 0 Å². The van der Waals surface area contributed by atoms with Crippen LogP contribution < -0.4 is 30.4 Å². The van der Waals surface area contributed by atoms with Crippen molar-refractivity contribution in [2.45, 2.75) is 25.7 Å². The quantitative estimate of drug-likeness (QED) is 0.0426. The Labute approximate surface area is 282 Å². The third kappa shape index (κ3) is 10.7. The summed E-state index contributed by atoms with van der Waals surface area (Å²) >= 11 is 0. The summed E-state index contributed by atoms with van der Waals surface area (Å²) in [5.41, 5.74) is 16.7. The normalized spacial score (nSPS) is 10.9. The molecule has 7 heteroatoms. The van der Waals surface area contributed by atoms with E-state index < -0.39 is 0 Å². The predicted molar refractivity (Wildman–Crippen MR) is 194 cm³/mol. The number of ether oxygens (including phenoxy) is 4. The van der Waals surface area contributed by atoms with Gasteiger partial charge in [-0.25, -0.2) is 0 Å². The van der Waals surface area contributed by atoms with Crippen molar-refractivity contribution in [3.8, 4) is 34.1 Å². The Morgan fingerprint density at radius 2 is 1.06 bits per heavy atom. The van der Waals surface area contributed by atoms with E-state index >= 15 is 0 Å². The van der Waals surface area contributed by atoms with Crippen LogP contribution in [0.5, 0.6) is 23.0 Å². The van der Waals surface area contributed by atoms with Gasteiger partial charge in [0.25, 0.3) is 0 Å². The minimum atomic E-state index is -0.0243. The van der Waals surface area contributed by atoms with Gasteiger partial charge in [0.1, 0.15) is 36.2 Å².